The van der Waals surface area contributed by atoms with Gasteiger partial charge in [-0.25, -0.2) is 4.79 Å². The van der Waals surface area contributed by atoms with Crippen LogP contribution in [0.15, 0.2) is 34.7 Å². The highest BCUT2D eigenvalue weighted by atomic mass is 16.4. The average Bonchev–Trinajstić information content (AvgIpc) is 2.98. The predicted molar refractivity (Wildman–Crippen MR) is 81.5 cm³/mol. The molecule has 2 heterocycles. The van der Waals surface area contributed by atoms with Gasteiger partial charge in [0, 0.05) is 24.7 Å². The summed E-state index contributed by atoms with van der Waals surface area (Å²) in [6, 6.07) is 9.11. The number of carboxylic acid groups (broad SMARTS) is 1. The molecule has 1 aromatic carbocycles. The minimum atomic E-state index is -1.07. The highest BCUT2D eigenvalue weighted by molar-refractivity contribution is 6.06. The largest absolute Gasteiger partial charge is 0.478 e. The van der Waals surface area contributed by atoms with Gasteiger partial charge in [0.25, 0.3) is 5.91 Å². The van der Waals surface area contributed by atoms with Gasteiger partial charge >= 0.3 is 5.97 Å². The summed E-state index contributed by atoms with van der Waals surface area (Å²) in [5.74, 6) is -0.930. The molecule has 0 saturated carbocycles. The average molecular weight is 299 g/mol. The summed E-state index contributed by atoms with van der Waals surface area (Å²) in [5.41, 5.74) is 2.07. The van der Waals surface area contributed by atoms with Crippen LogP contribution in [0.3, 0.4) is 0 Å². The Kier molecular flexibility index (Phi) is 3.71. The zero-order valence-electron chi connectivity index (χ0n) is 12.3. The van der Waals surface area contributed by atoms with Gasteiger partial charge in [0.15, 0.2) is 5.76 Å². The summed E-state index contributed by atoms with van der Waals surface area (Å²) in [4.78, 5) is 25.6. The van der Waals surface area contributed by atoms with Crippen LogP contribution in [0.4, 0.5) is 5.69 Å². The number of carbonyl (C=O) groups is 2. The van der Waals surface area contributed by atoms with E-state index in [1.807, 2.05) is 24.3 Å². The number of carbonyl (C=O) groups excluding carboxylic acids is 1. The Morgan fingerprint density at radius 3 is 2.77 bits per heavy atom. The normalized spacial score (nSPS) is 13.8. The Morgan fingerprint density at radius 2 is 2.09 bits per heavy atom. The molecule has 0 radical (unpaired) electrons. The van der Waals surface area contributed by atoms with Crippen molar-refractivity contribution in [3.63, 3.8) is 0 Å². The second-order valence-corrected chi connectivity index (χ2v) is 5.30. The molecule has 0 bridgehead atoms. The monoisotopic (exact) mass is 299 g/mol. The van der Waals surface area contributed by atoms with E-state index in [1.165, 1.54) is 6.07 Å². The van der Waals surface area contributed by atoms with Crippen molar-refractivity contribution in [3.05, 3.63) is 53.0 Å². The van der Waals surface area contributed by atoms with Crippen molar-refractivity contribution in [2.45, 2.75) is 26.2 Å². The standard InChI is InChI=1S/C17H17NO4/c1-2-14-12(17(20)21)10-15(22-14)16(19)18-9-5-7-11-6-3-4-8-13(11)18/h3-4,6,8,10H,2,5,7,9H2,1H3,(H,20,21). The van der Waals surface area contributed by atoms with Crippen LogP contribution in [0.25, 0.3) is 0 Å². The van der Waals surface area contributed by atoms with Gasteiger partial charge in [0.2, 0.25) is 0 Å². The molecule has 0 spiro atoms. The van der Waals surface area contributed by atoms with Crippen molar-refractivity contribution in [3.8, 4) is 0 Å². The van der Waals surface area contributed by atoms with E-state index < -0.39 is 5.97 Å². The third kappa shape index (κ3) is 2.39. The fourth-order valence-electron chi connectivity index (χ4n) is 2.86. The number of hydrogen-bond acceptors (Lipinski definition) is 3. The molecule has 0 unspecified atom stereocenters. The maximum absolute atomic E-state index is 12.7. The van der Waals surface area contributed by atoms with Crippen LogP contribution in [0.5, 0.6) is 0 Å². The van der Waals surface area contributed by atoms with E-state index in [1.54, 1.807) is 11.8 Å². The number of carboxylic acids is 1. The Bertz CT molecular complexity index is 732. The van der Waals surface area contributed by atoms with Gasteiger partial charge in [-0.3, -0.25) is 4.79 Å². The van der Waals surface area contributed by atoms with Gasteiger partial charge in [-0.15, -0.1) is 0 Å². The Hall–Kier alpha value is -2.56. The van der Waals surface area contributed by atoms with Crippen molar-refractivity contribution < 1.29 is 19.1 Å². The number of benzene rings is 1. The first-order chi connectivity index (χ1) is 10.6. The minimum Gasteiger partial charge on any atom is -0.478 e. The minimum absolute atomic E-state index is 0.0659. The number of aryl methyl sites for hydroxylation is 2. The zero-order valence-corrected chi connectivity index (χ0v) is 12.3. The number of rotatable bonds is 3. The molecule has 1 amide bonds. The molecule has 5 heteroatoms. The molecular formula is C17H17NO4. The summed E-state index contributed by atoms with van der Waals surface area (Å²) in [7, 11) is 0. The molecule has 22 heavy (non-hydrogen) atoms. The van der Waals surface area contributed by atoms with Gasteiger partial charge < -0.3 is 14.4 Å². The molecule has 0 fully saturated rings. The highest BCUT2D eigenvalue weighted by Gasteiger charge is 2.27. The number of furan rings is 1. The van der Waals surface area contributed by atoms with Crippen molar-refractivity contribution in [1.29, 1.82) is 0 Å². The van der Waals surface area contributed by atoms with Gasteiger partial charge in [0.05, 0.1) is 0 Å². The zero-order chi connectivity index (χ0) is 15.7. The quantitative estimate of drug-likeness (QED) is 0.945. The van der Waals surface area contributed by atoms with Crippen LogP contribution in [-0.2, 0) is 12.8 Å². The molecular weight excluding hydrogens is 282 g/mol. The third-order valence-corrected chi connectivity index (χ3v) is 3.93. The van der Waals surface area contributed by atoms with E-state index in [0.29, 0.717) is 18.7 Å². The van der Waals surface area contributed by atoms with Crippen LogP contribution in [0.1, 0.15) is 45.6 Å². The SMILES string of the molecule is CCc1oc(C(=O)N2CCCc3ccccc32)cc1C(=O)O. The summed E-state index contributed by atoms with van der Waals surface area (Å²) >= 11 is 0. The molecule has 1 aliphatic rings. The van der Waals surface area contributed by atoms with Crippen molar-refractivity contribution >= 4 is 17.6 Å². The molecule has 0 atom stereocenters. The van der Waals surface area contributed by atoms with Gasteiger partial charge in [0.1, 0.15) is 11.3 Å². The van der Waals surface area contributed by atoms with Crippen LogP contribution in [-0.4, -0.2) is 23.5 Å². The molecule has 1 N–H and O–H groups in total. The molecule has 1 aromatic heterocycles. The number of hydrogen-bond donors (Lipinski definition) is 1. The van der Waals surface area contributed by atoms with Gasteiger partial charge in [-0.2, -0.15) is 0 Å². The van der Waals surface area contributed by atoms with E-state index in [-0.39, 0.29) is 17.2 Å². The van der Waals surface area contributed by atoms with E-state index in [4.69, 9.17) is 4.42 Å². The van der Waals surface area contributed by atoms with E-state index in [0.717, 1.165) is 24.1 Å². The smallest absolute Gasteiger partial charge is 0.339 e. The summed E-state index contributed by atoms with van der Waals surface area (Å²) in [5, 5.41) is 9.18. The third-order valence-electron chi connectivity index (χ3n) is 3.93. The first kappa shape index (κ1) is 14.4. The Morgan fingerprint density at radius 1 is 1.32 bits per heavy atom. The molecule has 5 nitrogen and oxygen atoms in total. The first-order valence-electron chi connectivity index (χ1n) is 7.37. The van der Waals surface area contributed by atoms with Crippen LogP contribution >= 0.6 is 0 Å². The fraction of sp³-hybridized carbons (Fsp3) is 0.294. The number of nitrogens with zero attached hydrogens (tertiary/aromatic N) is 1. The van der Waals surface area contributed by atoms with Crippen molar-refractivity contribution in [2.75, 3.05) is 11.4 Å². The van der Waals surface area contributed by atoms with Crippen molar-refractivity contribution in [1.82, 2.24) is 0 Å². The molecule has 0 aliphatic carbocycles. The van der Waals surface area contributed by atoms with Crippen LogP contribution < -0.4 is 4.90 Å². The van der Waals surface area contributed by atoms with Gasteiger partial charge in [-0.1, -0.05) is 25.1 Å². The van der Waals surface area contributed by atoms with E-state index in [2.05, 4.69) is 0 Å². The number of anilines is 1. The lowest BCUT2D eigenvalue weighted by atomic mass is 10.0. The molecule has 3 rings (SSSR count). The van der Waals surface area contributed by atoms with Gasteiger partial charge in [-0.05, 0) is 24.5 Å². The van der Waals surface area contributed by atoms with Crippen molar-refractivity contribution in [2.24, 2.45) is 0 Å². The lowest BCUT2D eigenvalue weighted by Crippen LogP contribution is -2.35. The molecule has 1 aliphatic heterocycles. The predicted octanol–water partition coefficient (Wildman–Crippen LogP) is 3.13. The fourth-order valence-corrected chi connectivity index (χ4v) is 2.86. The van der Waals surface area contributed by atoms with Crippen LogP contribution in [0.2, 0.25) is 0 Å². The second kappa shape index (κ2) is 5.67. The molecule has 0 saturated heterocycles. The summed E-state index contributed by atoms with van der Waals surface area (Å²) in [6.45, 7) is 2.41. The number of amides is 1. The maximum Gasteiger partial charge on any atom is 0.339 e. The lowest BCUT2D eigenvalue weighted by molar-refractivity contribution is 0.0694. The maximum atomic E-state index is 12.7. The molecule has 2 aromatic rings. The topological polar surface area (TPSA) is 70.8 Å². The number of para-hydroxylation sites is 1. The first-order valence-corrected chi connectivity index (χ1v) is 7.37. The number of fused-ring (bicyclic) bond motifs is 1. The summed E-state index contributed by atoms with van der Waals surface area (Å²) < 4.78 is 5.48. The summed E-state index contributed by atoms with van der Waals surface area (Å²) in [6.07, 6.45) is 2.26. The Labute approximate surface area is 128 Å². The lowest BCUT2D eigenvalue weighted by Gasteiger charge is -2.28. The highest BCUT2D eigenvalue weighted by Crippen LogP contribution is 2.29. The Balaban J connectivity index is 1.97. The number of aromatic carboxylic acids is 1. The van der Waals surface area contributed by atoms with E-state index >= 15 is 0 Å². The van der Waals surface area contributed by atoms with E-state index in [9.17, 15) is 14.7 Å². The second-order valence-electron chi connectivity index (χ2n) is 5.30. The molecule has 114 valence electrons. The van der Waals surface area contributed by atoms with Crippen LogP contribution in [0, 0.1) is 0 Å².